The van der Waals surface area contributed by atoms with Gasteiger partial charge in [0.2, 0.25) is 0 Å². The predicted molar refractivity (Wildman–Crippen MR) is 43.3 cm³/mol. The lowest BCUT2D eigenvalue weighted by atomic mass is 10.2. The molecule has 12 heavy (non-hydrogen) atoms. The van der Waals surface area contributed by atoms with E-state index in [1.807, 2.05) is 0 Å². The van der Waals surface area contributed by atoms with Crippen LogP contribution >= 0.6 is 0 Å². The van der Waals surface area contributed by atoms with Crippen LogP contribution in [0.5, 0.6) is 0 Å². The van der Waals surface area contributed by atoms with E-state index in [1.54, 1.807) is 0 Å². The molecule has 0 atom stereocenters. The highest BCUT2D eigenvalue weighted by Gasteiger charge is 2.28. The average molecular weight is 171 g/mol. The number of carbonyl (C=O) groups excluding carboxylic acids is 2. The summed E-state index contributed by atoms with van der Waals surface area (Å²) in [4.78, 5) is 22.5. The zero-order valence-corrected chi connectivity index (χ0v) is 6.82. The second-order valence-electron chi connectivity index (χ2n) is 2.98. The summed E-state index contributed by atoms with van der Waals surface area (Å²) in [6, 6.07) is -1.55. The minimum Gasteiger partial charge on any atom is -0.351 e. The SMILES string of the molecule is NC(=O)N(C(N)=O)C1CCCC1. The quantitative estimate of drug-likeness (QED) is 0.597. The first-order chi connectivity index (χ1) is 5.63. The van der Waals surface area contributed by atoms with Crippen molar-refractivity contribution < 1.29 is 9.59 Å². The molecule has 1 fully saturated rings. The summed E-state index contributed by atoms with van der Waals surface area (Å²) in [5, 5.41) is 0. The second-order valence-corrected chi connectivity index (χ2v) is 2.98. The number of amides is 4. The lowest BCUT2D eigenvalue weighted by Crippen LogP contribution is -2.49. The molecule has 0 unspecified atom stereocenters. The number of nitrogens with zero attached hydrogens (tertiary/aromatic N) is 1. The van der Waals surface area contributed by atoms with Crippen LogP contribution in [-0.4, -0.2) is 23.0 Å². The van der Waals surface area contributed by atoms with Gasteiger partial charge in [-0.15, -0.1) is 0 Å². The molecule has 0 aromatic heterocycles. The van der Waals surface area contributed by atoms with E-state index in [4.69, 9.17) is 11.5 Å². The molecule has 1 saturated carbocycles. The van der Waals surface area contributed by atoms with Gasteiger partial charge in [-0.2, -0.15) is 0 Å². The molecule has 1 rings (SSSR count). The molecule has 0 heterocycles. The number of imide groups is 1. The standard InChI is InChI=1S/C7H13N3O2/c8-6(11)10(7(9)12)5-3-1-2-4-5/h5H,1-4H2,(H2,8,11)(H2,9,12). The van der Waals surface area contributed by atoms with Gasteiger partial charge in [0.25, 0.3) is 0 Å². The Bertz CT molecular complexity index is 185. The molecule has 4 amide bonds. The maximum atomic E-state index is 10.8. The number of carbonyl (C=O) groups is 2. The van der Waals surface area contributed by atoms with Crippen LogP contribution in [0.4, 0.5) is 9.59 Å². The van der Waals surface area contributed by atoms with E-state index in [9.17, 15) is 9.59 Å². The molecule has 68 valence electrons. The number of hydrogen-bond donors (Lipinski definition) is 2. The van der Waals surface area contributed by atoms with Gasteiger partial charge in [-0.05, 0) is 12.8 Å². The van der Waals surface area contributed by atoms with Gasteiger partial charge >= 0.3 is 12.1 Å². The lowest BCUT2D eigenvalue weighted by molar-refractivity contribution is 0.181. The van der Waals surface area contributed by atoms with Gasteiger partial charge in [0, 0.05) is 6.04 Å². The molecular formula is C7H13N3O2. The minimum atomic E-state index is -0.741. The van der Waals surface area contributed by atoms with Crippen LogP contribution in [0.25, 0.3) is 0 Å². The van der Waals surface area contributed by atoms with Crippen molar-refractivity contribution in [1.82, 2.24) is 4.90 Å². The summed E-state index contributed by atoms with van der Waals surface area (Å²) in [5.41, 5.74) is 10.0. The Kier molecular flexibility index (Phi) is 2.52. The molecule has 0 aromatic rings. The first kappa shape index (κ1) is 8.83. The molecule has 5 heteroatoms. The summed E-state index contributed by atoms with van der Waals surface area (Å²) in [7, 11) is 0. The summed E-state index contributed by atoms with van der Waals surface area (Å²) in [6.45, 7) is 0. The van der Waals surface area contributed by atoms with Crippen molar-refractivity contribution in [2.75, 3.05) is 0 Å². The third-order valence-electron chi connectivity index (χ3n) is 2.16. The van der Waals surface area contributed by atoms with Gasteiger partial charge in [-0.1, -0.05) is 12.8 Å². The fraction of sp³-hybridized carbons (Fsp3) is 0.714. The molecule has 1 aliphatic rings. The monoisotopic (exact) mass is 171 g/mol. The molecule has 0 aromatic carbocycles. The van der Waals surface area contributed by atoms with Crippen molar-refractivity contribution in [1.29, 1.82) is 0 Å². The van der Waals surface area contributed by atoms with Gasteiger partial charge in [-0.3, -0.25) is 0 Å². The number of hydrogen-bond acceptors (Lipinski definition) is 2. The second kappa shape index (κ2) is 3.42. The number of urea groups is 2. The third-order valence-corrected chi connectivity index (χ3v) is 2.16. The Labute approximate surface area is 70.7 Å². The van der Waals surface area contributed by atoms with E-state index in [0.717, 1.165) is 30.6 Å². The van der Waals surface area contributed by atoms with Crippen molar-refractivity contribution in [2.24, 2.45) is 11.5 Å². The highest BCUT2D eigenvalue weighted by Crippen LogP contribution is 2.22. The maximum Gasteiger partial charge on any atom is 0.323 e. The molecule has 0 radical (unpaired) electrons. The van der Waals surface area contributed by atoms with Crippen LogP contribution in [0.3, 0.4) is 0 Å². The molecule has 0 saturated heterocycles. The summed E-state index contributed by atoms with van der Waals surface area (Å²) in [5.74, 6) is 0. The Hall–Kier alpha value is -1.26. The summed E-state index contributed by atoms with van der Waals surface area (Å²) >= 11 is 0. The Morgan fingerprint density at radius 2 is 1.50 bits per heavy atom. The molecule has 0 bridgehead atoms. The average Bonchev–Trinajstić information content (AvgIpc) is 2.37. The summed E-state index contributed by atoms with van der Waals surface area (Å²) in [6.07, 6.45) is 3.71. The van der Waals surface area contributed by atoms with E-state index < -0.39 is 12.1 Å². The van der Waals surface area contributed by atoms with Gasteiger partial charge in [0.15, 0.2) is 0 Å². The van der Waals surface area contributed by atoms with Crippen LogP contribution in [0, 0.1) is 0 Å². The first-order valence-corrected chi connectivity index (χ1v) is 4.01. The third kappa shape index (κ3) is 1.66. The smallest absolute Gasteiger partial charge is 0.323 e. The van der Waals surface area contributed by atoms with Crippen molar-refractivity contribution in [3.8, 4) is 0 Å². The van der Waals surface area contributed by atoms with E-state index in [2.05, 4.69) is 0 Å². The molecule has 4 N–H and O–H groups in total. The molecule has 0 spiro atoms. The molecule has 5 nitrogen and oxygen atoms in total. The number of primary amides is 2. The summed E-state index contributed by atoms with van der Waals surface area (Å²) < 4.78 is 0. The highest BCUT2D eigenvalue weighted by atomic mass is 16.2. The Balaban J connectivity index is 2.64. The van der Waals surface area contributed by atoms with Crippen molar-refractivity contribution in [2.45, 2.75) is 31.7 Å². The van der Waals surface area contributed by atoms with Gasteiger partial charge in [-0.25, -0.2) is 14.5 Å². The lowest BCUT2D eigenvalue weighted by Gasteiger charge is -2.22. The molecule has 0 aliphatic heterocycles. The molecular weight excluding hydrogens is 158 g/mol. The van der Waals surface area contributed by atoms with Crippen LogP contribution < -0.4 is 11.5 Å². The fourth-order valence-corrected chi connectivity index (χ4v) is 1.63. The van der Waals surface area contributed by atoms with Crippen LogP contribution in [0.15, 0.2) is 0 Å². The highest BCUT2D eigenvalue weighted by molar-refractivity contribution is 5.92. The van der Waals surface area contributed by atoms with E-state index >= 15 is 0 Å². The zero-order valence-electron chi connectivity index (χ0n) is 6.82. The van der Waals surface area contributed by atoms with Gasteiger partial charge in [0.1, 0.15) is 0 Å². The fourth-order valence-electron chi connectivity index (χ4n) is 1.63. The van der Waals surface area contributed by atoms with E-state index in [-0.39, 0.29) is 6.04 Å². The topological polar surface area (TPSA) is 89.4 Å². The van der Waals surface area contributed by atoms with Crippen molar-refractivity contribution >= 4 is 12.1 Å². The Morgan fingerprint density at radius 1 is 1.08 bits per heavy atom. The van der Waals surface area contributed by atoms with Crippen molar-refractivity contribution in [3.05, 3.63) is 0 Å². The van der Waals surface area contributed by atoms with E-state index in [0.29, 0.717) is 0 Å². The van der Waals surface area contributed by atoms with E-state index in [1.165, 1.54) is 0 Å². The van der Waals surface area contributed by atoms with Crippen LogP contribution in [0.1, 0.15) is 25.7 Å². The maximum absolute atomic E-state index is 10.8. The van der Waals surface area contributed by atoms with Gasteiger partial charge < -0.3 is 11.5 Å². The van der Waals surface area contributed by atoms with Crippen LogP contribution in [-0.2, 0) is 0 Å². The zero-order chi connectivity index (χ0) is 9.14. The Morgan fingerprint density at radius 3 is 1.83 bits per heavy atom. The first-order valence-electron chi connectivity index (χ1n) is 4.01. The van der Waals surface area contributed by atoms with Gasteiger partial charge in [0.05, 0.1) is 0 Å². The largest absolute Gasteiger partial charge is 0.351 e. The molecule has 1 aliphatic carbocycles. The van der Waals surface area contributed by atoms with Crippen molar-refractivity contribution in [3.63, 3.8) is 0 Å². The minimum absolute atomic E-state index is 0.0694. The normalized spacial score (nSPS) is 17.7. The number of nitrogens with two attached hydrogens (primary N) is 2. The van der Waals surface area contributed by atoms with Crippen LogP contribution in [0.2, 0.25) is 0 Å². The number of rotatable bonds is 1. The predicted octanol–water partition coefficient (Wildman–Crippen LogP) is 0.388.